The molecule has 0 amide bonds. The number of rotatable bonds is 0. The minimum atomic E-state index is 0. The molecule has 0 aromatic heterocycles. The first kappa shape index (κ1) is 41.5. The molecule has 5 heteroatoms. The van der Waals surface area contributed by atoms with Gasteiger partial charge in [-0.25, -0.2) is 0 Å². The van der Waals surface area contributed by atoms with Crippen molar-refractivity contribution in [2.45, 2.75) is 0 Å². The van der Waals surface area contributed by atoms with Crippen LogP contribution in [-0.2, 0) is 36.2 Å². The molecule has 4 nitrogen and oxygen atoms in total. The Morgan fingerprint density at radius 1 is 0.444 bits per heavy atom. The van der Waals surface area contributed by atoms with Crippen molar-refractivity contribution in [1.82, 2.24) is 0 Å². The van der Waals surface area contributed by atoms with E-state index in [1.165, 1.54) is 0 Å². The Morgan fingerprint density at radius 2 is 0.444 bits per heavy atom. The van der Waals surface area contributed by atoms with Crippen LogP contribution in [0.4, 0.5) is 0 Å². The molecule has 0 saturated heterocycles. The standard InChI is InChI=1S/4CO.Cu/c4*1-2;. The maximum Gasteiger partial charge on any atom is 0.281 e. The predicted octanol–water partition coefficient (Wildman–Crippen LogP) is -1.59. The molecule has 51 valence electrons. The van der Waals surface area contributed by atoms with Gasteiger partial charge in [0.15, 0.2) is 0 Å². The first-order valence-corrected chi connectivity index (χ1v) is 0.816. The molecular formula is C4CuO4. The molecule has 0 saturated carbocycles. The van der Waals surface area contributed by atoms with Crippen molar-refractivity contribution in [3.63, 3.8) is 0 Å². The number of hydrogen-bond donors (Lipinski definition) is 0. The van der Waals surface area contributed by atoms with E-state index < -0.39 is 0 Å². The fourth-order valence-corrected chi connectivity index (χ4v) is 0. The molecule has 0 rings (SSSR count). The van der Waals surface area contributed by atoms with Crippen LogP contribution in [0, 0.1) is 0 Å². The molecule has 0 aromatic rings. The Bertz CT molecular complexity index is 20.5. The Balaban J connectivity index is -0.00000000762. The van der Waals surface area contributed by atoms with Gasteiger partial charge in [-0.3, -0.25) is 19.2 Å². The molecule has 0 bridgehead atoms. The van der Waals surface area contributed by atoms with Gasteiger partial charge >= 0.3 is 0 Å². The van der Waals surface area contributed by atoms with Crippen LogP contribution >= 0.6 is 0 Å². The zero-order chi connectivity index (χ0) is 8.00. The van der Waals surface area contributed by atoms with Crippen molar-refractivity contribution >= 4 is 27.2 Å². The molecule has 0 spiro atoms. The second-order valence-corrected chi connectivity index (χ2v) is 0. The fourth-order valence-electron chi connectivity index (χ4n) is 0. The van der Waals surface area contributed by atoms with Gasteiger partial charge < -0.3 is 0 Å². The molecule has 0 aliphatic rings. The van der Waals surface area contributed by atoms with E-state index in [1.54, 1.807) is 0 Å². The van der Waals surface area contributed by atoms with Gasteiger partial charge in [0, 0.05) is 17.1 Å². The fraction of sp³-hybridized carbons (Fsp3) is 0. The molecular weight excluding hydrogens is 176 g/mol. The van der Waals surface area contributed by atoms with E-state index in [1.807, 2.05) is 0 Å². The van der Waals surface area contributed by atoms with Crippen molar-refractivity contribution in [2.75, 3.05) is 0 Å². The predicted molar refractivity (Wildman–Crippen MR) is 22.8 cm³/mol. The Morgan fingerprint density at radius 3 is 0.444 bits per heavy atom. The summed E-state index contributed by atoms with van der Waals surface area (Å²) < 4.78 is 0. The molecule has 0 heterocycles. The van der Waals surface area contributed by atoms with E-state index >= 15 is 0 Å². The normalized spacial score (nSPS) is 1.78. The molecule has 9 heavy (non-hydrogen) atoms. The SMILES string of the molecule is [C]=O.[C]=O.[C]=O.[C]=O.[Cu]. The van der Waals surface area contributed by atoms with E-state index in [0.29, 0.717) is 0 Å². The van der Waals surface area contributed by atoms with Gasteiger partial charge in [0.1, 0.15) is 0 Å². The minimum Gasteiger partial charge on any atom is -0.281 e. The van der Waals surface area contributed by atoms with E-state index in [-0.39, 0.29) is 17.1 Å². The first-order valence-electron chi connectivity index (χ1n) is 0.816. The Hall–Kier alpha value is -0.801. The second kappa shape index (κ2) is 432. The van der Waals surface area contributed by atoms with Gasteiger partial charge in [0.05, 0.1) is 0 Å². The number of hydrogen-bond acceptors (Lipinski definition) is 4. The van der Waals surface area contributed by atoms with Crippen LogP contribution in [0.25, 0.3) is 0 Å². The maximum absolute atomic E-state index is 7.50. The monoisotopic (exact) mass is 175 g/mol. The topological polar surface area (TPSA) is 68.3 Å². The summed E-state index contributed by atoms with van der Waals surface area (Å²) in [5.74, 6) is 0. The molecule has 0 aliphatic heterocycles. The van der Waals surface area contributed by atoms with E-state index in [4.69, 9.17) is 19.2 Å². The molecule has 0 fully saturated rings. The summed E-state index contributed by atoms with van der Waals surface area (Å²) in [6.07, 6.45) is 0. The maximum atomic E-state index is 7.50. The van der Waals surface area contributed by atoms with Gasteiger partial charge in [-0.2, -0.15) is 0 Å². The van der Waals surface area contributed by atoms with Gasteiger partial charge in [0.2, 0.25) is 0 Å². The van der Waals surface area contributed by atoms with Crippen molar-refractivity contribution < 1.29 is 36.2 Å². The third-order valence-corrected chi connectivity index (χ3v) is 0. The summed E-state index contributed by atoms with van der Waals surface area (Å²) in [5.41, 5.74) is 0. The summed E-state index contributed by atoms with van der Waals surface area (Å²) >= 11 is 0. The van der Waals surface area contributed by atoms with Crippen LogP contribution in [-0.4, -0.2) is 27.2 Å². The van der Waals surface area contributed by atoms with Gasteiger partial charge in [-0.15, -0.1) is 0 Å². The zero-order valence-electron chi connectivity index (χ0n) is 3.93. The minimum absolute atomic E-state index is 0. The third-order valence-electron chi connectivity index (χ3n) is 0. The van der Waals surface area contributed by atoms with Crippen molar-refractivity contribution in [3.8, 4) is 0 Å². The van der Waals surface area contributed by atoms with Crippen LogP contribution in [0.2, 0.25) is 0 Å². The molecule has 0 aliphatic carbocycles. The summed E-state index contributed by atoms with van der Waals surface area (Å²) in [6.45, 7) is 18.0. The van der Waals surface area contributed by atoms with E-state index in [2.05, 4.69) is 27.2 Å². The van der Waals surface area contributed by atoms with Crippen LogP contribution in [0.5, 0.6) is 0 Å². The summed E-state index contributed by atoms with van der Waals surface area (Å²) in [4.78, 5) is 30.0. The smallest absolute Gasteiger partial charge is 0.281 e. The summed E-state index contributed by atoms with van der Waals surface area (Å²) in [6, 6.07) is 0. The van der Waals surface area contributed by atoms with Crippen molar-refractivity contribution in [2.24, 2.45) is 0 Å². The van der Waals surface area contributed by atoms with Crippen LogP contribution in [0.15, 0.2) is 0 Å². The third kappa shape index (κ3) is 304. The van der Waals surface area contributed by atoms with Gasteiger partial charge in [-0.1, -0.05) is 0 Å². The average Bonchev–Trinajstić information content (AvgIpc) is 2.03. The summed E-state index contributed by atoms with van der Waals surface area (Å²) in [7, 11) is 0. The largest absolute Gasteiger partial charge is 0.281 e. The molecule has 0 N–H and O–H groups in total. The van der Waals surface area contributed by atoms with E-state index in [0.717, 1.165) is 0 Å². The van der Waals surface area contributed by atoms with Crippen molar-refractivity contribution in [3.05, 3.63) is 0 Å². The second-order valence-electron chi connectivity index (χ2n) is 0. The van der Waals surface area contributed by atoms with Crippen LogP contribution < -0.4 is 0 Å². The Labute approximate surface area is 64.1 Å². The zero-order valence-corrected chi connectivity index (χ0v) is 4.88. The van der Waals surface area contributed by atoms with Gasteiger partial charge in [0.25, 0.3) is 27.2 Å². The molecule has 0 atom stereocenters. The number of carbonyl (C=O) groups excluding carboxylic acids is 4. The average molecular weight is 176 g/mol. The first-order chi connectivity index (χ1) is 4.00. The molecule has 0 aromatic carbocycles. The summed E-state index contributed by atoms with van der Waals surface area (Å²) in [5, 5.41) is 0. The molecule has 0 unspecified atom stereocenters. The van der Waals surface area contributed by atoms with Crippen LogP contribution in [0.3, 0.4) is 0 Å². The molecule has 9 radical (unpaired) electrons. The Kier molecular flexibility index (Phi) is 1990. The quantitative estimate of drug-likeness (QED) is 0.417. The van der Waals surface area contributed by atoms with Crippen molar-refractivity contribution in [1.29, 1.82) is 0 Å². The van der Waals surface area contributed by atoms with Crippen LogP contribution in [0.1, 0.15) is 0 Å². The van der Waals surface area contributed by atoms with E-state index in [9.17, 15) is 0 Å². The van der Waals surface area contributed by atoms with Gasteiger partial charge in [-0.05, 0) is 0 Å².